The number of amides is 1. The van der Waals surface area contributed by atoms with Gasteiger partial charge in [-0.1, -0.05) is 61.9 Å². The highest BCUT2D eigenvalue weighted by molar-refractivity contribution is 6.16. The molecule has 1 aliphatic heterocycles. The van der Waals surface area contributed by atoms with Crippen molar-refractivity contribution in [2.75, 3.05) is 4.90 Å². The second-order valence-corrected chi connectivity index (χ2v) is 7.56. The third-order valence-corrected chi connectivity index (χ3v) is 4.83. The number of aryl methyl sites for hydroxylation is 2. The normalized spacial score (nSPS) is 17.1. The second-order valence-electron chi connectivity index (χ2n) is 7.56. The minimum atomic E-state index is -0.619. The van der Waals surface area contributed by atoms with Crippen LogP contribution >= 0.6 is 0 Å². The van der Waals surface area contributed by atoms with E-state index in [1.165, 1.54) is 0 Å². The van der Waals surface area contributed by atoms with Gasteiger partial charge in [0.1, 0.15) is 0 Å². The first kappa shape index (κ1) is 18.9. The predicted octanol–water partition coefficient (Wildman–Crippen LogP) is 4.82. The fraction of sp³-hybridized carbons (Fsp3) is 0.304. The molecule has 3 rings (SSSR count). The molecule has 0 spiro atoms. The summed E-state index contributed by atoms with van der Waals surface area (Å²) in [7, 11) is 0. The van der Waals surface area contributed by atoms with Crippen molar-refractivity contribution < 1.29 is 14.7 Å². The smallest absolute Gasteiger partial charge is 0.294 e. The molecule has 4 nitrogen and oxygen atoms in total. The highest BCUT2D eigenvalue weighted by Crippen LogP contribution is 2.42. The van der Waals surface area contributed by atoms with Gasteiger partial charge in [-0.05, 0) is 37.0 Å². The number of anilines is 1. The van der Waals surface area contributed by atoms with E-state index in [4.69, 9.17) is 0 Å². The molecule has 0 saturated heterocycles. The van der Waals surface area contributed by atoms with Gasteiger partial charge in [-0.2, -0.15) is 0 Å². The first-order valence-corrected chi connectivity index (χ1v) is 9.23. The molecular formula is C23H25NO3. The molecule has 1 amide bonds. The van der Waals surface area contributed by atoms with E-state index in [9.17, 15) is 14.7 Å². The number of carbonyl (C=O) groups is 2. The summed E-state index contributed by atoms with van der Waals surface area (Å²) in [6, 6.07) is 14.6. The van der Waals surface area contributed by atoms with Gasteiger partial charge in [-0.3, -0.25) is 14.5 Å². The van der Waals surface area contributed by atoms with Crippen LogP contribution in [0.1, 0.15) is 43.0 Å². The quantitative estimate of drug-likeness (QED) is 0.829. The van der Waals surface area contributed by atoms with Gasteiger partial charge < -0.3 is 5.11 Å². The number of benzene rings is 2. The first-order valence-electron chi connectivity index (χ1n) is 9.23. The van der Waals surface area contributed by atoms with Crippen molar-refractivity contribution in [2.45, 2.75) is 40.2 Å². The van der Waals surface area contributed by atoms with E-state index in [2.05, 4.69) is 0 Å². The van der Waals surface area contributed by atoms with E-state index in [1.807, 2.05) is 76.2 Å². The number of Topliss-reactive ketones (excluding diaryl/α,β-unsaturated/α-hetero) is 1. The molecule has 0 saturated carbocycles. The zero-order valence-corrected chi connectivity index (χ0v) is 16.2. The molecule has 27 heavy (non-hydrogen) atoms. The molecule has 1 unspecified atom stereocenters. The highest BCUT2D eigenvalue weighted by Gasteiger charge is 2.44. The lowest BCUT2D eigenvalue weighted by atomic mass is 9.92. The van der Waals surface area contributed by atoms with Gasteiger partial charge in [0.2, 0.25) is 0 Å². The van der Waals surface area contributed by atoms with Crippen LogP contribution in [0.3, 0.4) is 0 Å². The Morgan fingerprint density at radius 1 is 1.11 bits per heavy atom. The molecular weight excluding hydrogens is 338 g/mol. The minimum Gasteiger partial charge on any atom is -0.503 e. The maximum atomic E-state index is 13.0. The molecule has 0 aliphatic carbocycles. The number of nitrogens with zero attached hydrogens (tertiary/aromatic N) is 1. The van der Waals surface area contributed by atoms with Crippen LogP contribution in [-0.4, -0.2) is 16.8 Å². The van der Waals surface area contributed by atoms with Crippen molar-refractivity contribution in [1.82, 2.24) is 0 Å². The monoisotopic (exact) mass is 363 g/mol. The predicted molar refractivity (Wildman–Crippen MR) is 107 cm³/mol. The van der Waals surface area contributed by atoms with Crippen molar-refractivity contribution in [1.29, 1.82) is 0 Å². The minimum absolute atomic E-state index is 0.138. The molecule has 1 atom stereocenters. The number of rotatable bonds is 5. The van der Waals surface area contributed by atoms with E-state index in [0.29, 0.717) is 5.69 Å². The zero-order valence-electron chi connectivity index (χ0n) is 16.2. The van der Waals surface area contributed by atoms with Gasteiger partial charge in [0.05, 0.1) is 11.6 Å². The van der Waals surface area contributed by atoms with Crippen LogP contribution in [0.4, 0.5) is 5.69 Å². The molecule has 2 aromatic carbocycles. The summed E-state index contributed by atoms with van der Waals surface area (Å²) in [6.45, 7) is 7.82. The Bertz CT molecular complexity index is 912. The molecule has 1 heterocycles. The summed E-state index contributed by atoms with van der Waals surface area (Å²) < 4.78 is 0. The average Bonchev–Trinajstić information content (AvgIpc) is 2.87. The van der Waals surface area contributed by atoms with Gasteiger partial charge >= 0.3 is 0 Å². The van der Waals surface area contributed by atoms with Crippen LogP contribution in [0.15, 0.2) is 59.9 Å². The largest absolute Gasteiger partial charge is 0.503 e. The van der Waals surface area contributed by atoms with E-state index in [-0.39, 0.29) is 23.7 Å². The molecule has 2 aromatic rings. The molecule has 0 bridgehead atoms. The maximum absolute atomic E-state index is 13.0. The lowest BCUT2D eigenvalue weighted by Gasteiger charge is -2.28. The summed E-state index contributed by atoms with van der Waals surface area (Å²) in [4.78, 5) is 27.5. The third-order valence-electron chi connectivity index (χ3n) is 4.83. The molecule has 0 radical (unpaired) electrons. The summed E-state index contributed by atoms with van der Waals surface area (Å²) in [5, 5.41) is 10.6. The van der Waals surface area contributed by atoms with Crippen molar-refractivity contribution in [3.63, 3.8) is 0 Å². The lowest BCUT2D eigenvalue weighted by Crippen LogP contribution is -2.31. The fourth-order valence-electron chi connectivity index (χ4n) is 3.65. The van der Waals surface area contributed by atoms with E-state index >= 15 is 0 Å². The van der Waals surface area contributed by atoms with Gasteiger partial charge in [0, 0.05) is 12.1 Å². The Morgan fingerprint density at radius 3 is 2.37 bits per heavy atom. The average molecular weight is 363 g/mol. The summed E-state index contributed by atoms with van der Waals surface area (Å²) in [5.41, 5.74) is 3.72. The fourth-order valence-corrected chi connectivity index (χ4v) is 3.65. The number of carbonyl (C=O) groups excluding carboxylic acids is 2. The summed E-state index contributed by atoms with van der Waals surface area (Å²) >= 11 is 0. The number of hydrogen-bond donors (Lipinski definition) is 1. The number of aliphatic hydroxyl groups excluding tert-OH is 1. The summed E-state index contributed by atoms with van der Waals surface area (Å²) in [6.07, 6.45) is 0.288. The Balaban J connectivity index is 2.16. The van der Waals surface area contributed by atoms with Crippen LogP contribution in [0, 0.1) is 19.8 Å². The Kier molecular flexibility index (Phi) is 5.17. The van der Waals surface area contributed by atoms with Crippen molar-refractivity contribution >= 4 is 17.4 Å². The standard InChI is InChI=1S/C23H25NO3/c1-14(2)12-19(25)20-21(17-8-6-5-7-9-17)24(23(27)22(20)26)18-11-10-15(3)13-16(18)4/h5-11,13-14,21,26H,12H2,1-4H3. The van der Waals surface area contributed by atoms with Crippen molar-refractivity contribution in [2.24, 2.45) is 5.92 Å². The third kappa shape index (κ3) is 3.52. The zero-order chi connectivity index (χ0) is 19.7. The maximum Gasteiger partial charge on any atom is 0.294 e. The van der Waals surface area contributed by atoms with E-state index in [0.717, 1.165) is 16.7 Å². The van der Waals surface area contributed by atoms with Crippen LogP contribution in [0.25, 0.3) is 0 Å². The van der Waals surface area contributed by atoms with Crippen LogP contribution < -0.4 is 4.90 Å². The number of hydrogen-bond acceptors (Lipinski definition) is 3. The van der Waals surface area contributed by atoms with Crippen LogP contribution in [0.5, 0.6) is 0 Å². The van der Waals surface area contributed by atoms with Crippen LogP contribution in [0.2, 0.25) is 0 Å². The van der Waals surface area contributed by atoms with Crippen molar-refractivity contribution in [3.8, 4) is 0 Å². The molecule has 140 valence electrons. The van der Waals surface area contributed by atoms with E-state index < -0.39 is 17.7 Å². The van der Waals surface area contributed by atoms with Gasteiger partial charge in [-0.25, -0.2) is 0 Å². The topological polar surface area (TPSA) is 57.6 Å². The molecule has 1 aliphatic rings. The summed E-state index contributed by atoms with van der Waals surface area (Å²) in [5.74, 6) is -1.01. The Labute approximate surface area is 160 Å². The molecule has 4 heteroatoms. The van der Waals surface area contributed by atoms with E-state index in [1.54, 1.807) is 4.90 Å². The van der Waals surface area contributed by atoms with Gasteiger partial charge in [0.25, 0.3) is 5.91 Å². The first-order chi connectivity index (χ1) is 12.8. The lowest BCUT2D eigenvalue weighted by molar-refractivity contribution is -0.118. The SMILES string of the molecule is Cc1ccc(N2C(=O)C(O)=C(C(=O)CC(C)C)C2c2ccccc2)c(C)c1. The number of aliphatic hydroxyl groups is 1. The Morgan fingerprint density at radius 2 is 1.78 bits per heavy atom. The molecule has 1 N–H and O–H groups in total. The van der Waals surface area contributed by atoms with Gasteiger partial charge in [0.15, 0.2) is 11.5 Å². The van der Waals surface area contributed by atoms with Crippen LogP contribution in [-0.2, 0) is 9.59 Å². The van der Waals surface area contributed by atoms with Crippen molar-refractivity contribution in [3.05, 3.63) is 76.6 Å². The molecule has 0 aromatic heterocycles. The highest BCUT2D eigenvalue weighted by atomic mass is 16.3. The second kappa shape index (κ2) is 7.39. The Hall–Kier alpha value is -2.88. The number of ketones is 1. The molecule has 0 fully saturated rings. The van der Waals surface area contributed by atoms with Gasteiger partial charge in [-0.15, -0.1) is 0 Å².